The number of nitrogens with one attached hydrogen (secondary N) is 1. The van der Waals surface area contributed by atoms with Crippen LogP contribution < -0.4 is 10.9 Å². The fraction of sp³-hybridized carbons (Fsp3) is 0.444. The van der Waals surface area contributed by atoms with Crippen LogP contribution in [-0.4, -0.2) is 71.9 Å². The molecule has 0 unspecified atom stereocenters. The molecule has 2 heterocycles. The predicted octanol–water partition coefficient (Wildman–Crippen LogP) is 0.000120. The highest BCUT2D eigenvalue weighted by Crippen LogP contribution is 2.14. The lowest BCUT2D eigenvalue weighted by Crippen LogP contribution is -2.50. The van der Waals surface area contributed by atoms with E-state index in [0.717, 1.165) is 5.69 Å². The van der Waals surface area contributed by atoms with Gasteiger partial charge in [0.2, 0.25) is 15.9 Å². The maximum absolute atomic E-state index is 12.8. The third kappa shape index (κ3) is 4.18. The molecule has 1 amide bonds. The summed E-state index contributed by atoms with van der Waals surface area (Å²) in [6.45, 7) is 3.55. The van der Waals surface area contributed by atoms with E-state index in [0.29, 0.717) is 31.9 Å². The number of rotatable bonds is 5. The van der Waals surface area contributed by atoms with Gasteiger partial charge in [0.05, 0.1) is 24.2 Å². The SMILES string of the molecule is Cc1c(NC(=O)CN2CCN(S(C)(=O)=O)CC2)c(=O)n(-c2ccccc2)n1C. The molecule has 2 aromatic rings. The van der Waals surface area contributed by atoms with Crippen LogP contribution in [0, 0.1) is 6.92 Å². The smallest absolute Gasteiger partial charge is 0.295 e. The topological polar surface area (TPSA) is 96.7 Å². The van der Waals surface area contributed by atoms with Crippen molar-refractivity contribution in [3.63, 3.8) is 0 Å². The fourth-order valence-electron chi connectivity index (χ4n) is 3.31. The van der Waals surface area contributed by atoms with Crippen LogP contribution in [0.1, 0.15) is 5.69 Å². The Hall–Kier alpha value is -2.43. The molecule has 1 N–H and O–H groups in total. The molecule has 0 saturated carbocycles. The molecule has 0 spiro atoms. The summed E-state index contributed by atoms with van der Waals surface area (Å²) in [4.78, 5) is 27.2. The first kappa shape index (κ1) is 20.3. The van der Waals surface area contributed by atoms with Crippen molar-refractivity contribution in [3.05, 3.63) is 46.4 Å². The minimum absolute atomic E-state index is 0.108. The summed E-state index contributed by atoms with van der Waals surface area (Å²) < 4.78 is 27.8. The third-order valence-corrected chi connectivity index (χ3v) is 6.29. The maximum atomic E-state index is 12.8. The molecule has 0 radical (unpaired) electrons. The lowest BCUT2D eigenvalue weighted by molar-refractivity contribution is -0.117. The number of sulfonamides is 1. The highest BCUT2D eigenvalue weighted by molar-refractivity contribution is 7.88. The van der Waals surface area contributed by atoms with Crippen LogP contribution in [0.4, 0.5) is 5.69 Å². The van der Waals surface area contributed by atoms with Crippen molar-refractivity contribution in [2.75, 3.05) is 44.3 Å². The Balaban J connectivity index is 1.70. The third-order valence-electron chi connectivity index (χ3n) is 4.99. The lowest BCUT2D eigenvalue weighted by Gasteiger charge is -2.32. The molecular formula is C18H25N5O4S. The normalized spacial score (nSPS) is 16.2. The number of aromatic nitrogens is 2. The van der Waals surface area contributed by atoms with Crippen molar-refractivity contribution in [3.8, 4) is 5.69 Å². The van der Waals surface area contributed by atoms with Gasteiger partial charge in [0.25, 0.3) is 5.56 Å². The van der Waals surface area contributed by atoms with Crippen LogP contribution in [0.2, 0.25) is 0 Å². The highest BCUT2D eigenvalue weighted by Gasteiger charge is 2.25. The molecule has 1 aromatic heterocycles. The molecule has 1 saturated heterocycles. The van der Waals surface area contributed by atoms with Crippen LogP contribution >= 0.6 is 0 Å². The highest BCUT2D eigenvalue weighted by atomic mass is 32.2. The van der Waals surface area contributed by atoms with E-state index < -0.39 is 10.0 Å². The summed E-state index contributed by atoms with van der Waals surface area (Å²) in [6.07, 6.45) is 1.19. The molecule has 1 aromatic carbocycles. The van der Waals surface area contributed by atoms with E-state index in [-0.39, 0.29) is 23.7 Å². The van der Waals surface area contributed by atoms with Crippen molar-refractivity contribution in [2.45, 2.75) is 6.92 Å². The second kappa shape index (κ2) is 7.90. The minimum Gasteiger partial charge on any atom is -0.319 e. The summed E-state index contributed by atoms with van der Waals surface area (Å²) >= 11 is 0. The van der Waals surface area contributed by atoms with Gasteiger partial charge in [-0.05, 0) is 19.1 Å². The molecule has 1 aliphatic heterocycles. The first-order valence-electron chi connectivity index (χ1n) is 9.00. The van der Waals surface area contributed by atoms with Crippen LogP contribution in [0.3, 0.4) is 0 Å². The van der Waals surface area contributed by atoms with Gasteiger partial charge in [0.15, 0.2) is 0 Å². The quantitative estimate of drug-likeness (QED) is 0.753. The molecule has 1 aliphatic rings. The Morgan fingerprint density at radius 3 is 2.29 bits per heavy atom. The monoisotopic (exact) mass is 407 g/mol. The largest absolute Gasteiger partial charge is 0.319 e. The zero-order valence-electron chi connectivity index (χ0n) is 16.3. The van der Waals surface area contributed by atoms with E-state index in [9.17, 15) is 18.0 Å². The van der Waals surface area contributed by atoms with Gasteiger partial charge < -0.3 is 5.32 Å². The fourth-order valence-corrected chi connectivity index (χ4v) is 4.14. The van der Waals surface area contributed by atoms with Crippen LogP contribution in [0.15, 0.2) is 35.1 Å². The zero-order chi connectivity index (χ0) is 20.5. The van der Waals surface area contributed by atoms with Crippen LogP contribution in [-0.2, 0) is 21.9 Å². The van der Waals surface area contributed by atoms with Crippen LogP contribution in [0.5, 0.6) is 0 Å². The lowest BCUT2D eigenvalue weighted by atomic mass is 10.3. The van der Waals surface area contributed by atoms with E-state index in [1.807, 2.05) is 35.2 Å². The number of benzene rings is 1. The van der Waals surface area contributed by atoms with Gasteiger partial charge in [0, 0.05) is 33.2 Å². The van der Waals surface area contributed by atoms with E-state index in [4.69, 9.17) is 0 Å². The number of piperazine rings is 1. The second-order valence-corrected chi connectivity index (χ2v) is 8.91. The molecule has 10 heteroatoms. The molecule has 28 heavy (non-hydrogen) atoms. The van der Waals surface area contributed by atoms with Gasteiger partial charge in [-0.25, -0.2) is 13.1 Å². The molecule has 0 atom stereocenters. The molecular weight excluding hydrogens is 382 g/mol. The zero-order valence-corrected chi connectivity index (χ0v) is 17.1. The Morgan fingerprint density at radius 2 is 1.71 bits per heavy atom. The molecule has 0 bridgehead atoms. The standard InChI is InChI=1S/C18H25N5O4S/c1-14-17(18(25)23(20(14)2)15-7-5-4-6-8-15)19-16(24)13-21-9-11-22(12-10-21)28(3,26)27/h4-8H,9-13H2,1-3H3,(H,19,24). The van der Waals surface area contributed by atoms with Gasteiger partial charge in [-0.15, -0.1) is 0 Å². The summed E-state index contributed by atoms with van der Waals surface area (Å²) in [6, 6.07) is 9.22. The van der Waals surface area contributed by atoms with Gasteiger partial charge in [-0.1, -0.05) is 18.2 Å². The number of anilines is 1. The van der Waals surface area contributed by atoms with E-state index in [2.05, 4.69) is 5.32 Å². The molecule has 9 nitrogen and oxygen atoms in total. The van der Waals surface area contributed by atoms with Crippen molar-refractivity contribution < 1.29 is 13.2 Å². The number of nitrogens with zero attached hydrogens (tertiary/aromatic N) is 4. The first-order valence-corrected chi connectivity index (χ1v) is 10.8. The maximum Gasteiger partial charge on any atom is 0.295 e. The van der Waals surface area contributed by atoms with Crippen molar-refractivity contribution >= 4 is 21.6 Å². The molecule has 3 rings (SSSR count). The Kier molecular flexibility index (Phi) is 5.73. The van der Waals surface area contributed by atoms with Crippen LogP contribution in [0.25, 0.3) is 5.69 Å². The van der Waals surface area contributed by atoms with Gasteiger partial charge in [-0.3, -0.25) is 19.2 Å². The number of hydrogen-bond acceptors (Lipinski definition) is 5. The molecule has 152 valence electrons. The Bertz CT molecular complexity index is 1020. The predicted molar refractivity (Wildman–Crippen MR) is 107 cm³/mol. The number of amides is 1. The number of carbonyl (C=O) groups is 1. The summed E-state index contributed by atoms with van der Waals surface area (Å²) in [7, 11) is -1.44. The average molecular weight is 407 g/mol. The number of para-hydroxylation sites is 1. The summed E-state index contributed by atoms with van der Waals surface area (Å²) in [5.74, 6) is -0.293. The van der Waals surface area contributed by atoms with Gasteiger partial charge in [0.1, 0.15) is 5.69 Å². The molecule has 0 aliphatic carbocycles. The van der Waals surface area contributed by atoms with E-state index in [1.54, 1.807) is 18.7 Å². The first-order chi connectivity index (χ1) is 13.2. The van der Waals surface area contributed by atoms with E-state index >= 15 is 0 Å². The van der Waals surface area contributed by atoms with E-state index in [1.165, 1.54) is 15.2 Å². The Labute approximate surface area is 164 Å². The average Bonchev–Trinajstić information content (AvgIpc) is 2.85. The van der Waals surface area contributed by atoms with Gasteiger partial charge >= 0.3 is 0 Å². The van der Waals surface area contributed by atoms with Crippen molar-refractivity contribution in [1.29, 1.82) is 0 Å². The van der Waals surface area contributed by atoms with Gasteiger partial charge in [-0.2, -0.15) is 4.31 Å². The summed E-state index contributed by atoms with van der Waals surface area (Å²) in [5, 5.41) is 2.73. The Morgan fingerprint density at radius 1 is 1.11 bits per heavy atom. The number of hydrogen-bond donors (Lipinski definition) is 1. The second-order valence-electron chi connectivity index (χ2n) is 6.92. The number of carbonyl (C=O) groups excluding carboxylic acids is 1. The summed E-state index contributed by atoms with van der Waals surface area (Å²) in [5.41, 5.74) is 1.34. The van der Waals surface area contributed by atoms with Crippen molar-refractivity contribution in [2.24, 2.45) is 7.05 Å². The van der Waals surface area contributed by atoms with Crippen molar-refractivity contribution in [1.82, 2.24) is 18.6 Å². The molecule has 1 fully saturated rings. The minimum atomic E-state index is -3.21.